The Morgan fingerprint density at radius 3 is 1.07 bits per heavy atom. The van der Waals surface area contributed by atoms with E-state index in [0.29, 0.717) is 24.0 Å². The van der Waals surface area contributed by atoms with Crippen LogP contribution >= 0.6 is 0 Å². The Morgan fingerprint density at radius 1 is 0.519 bits per heavy atom. The van der Waals surface area contributed by atoms with Gasteiger partial charge in [-0.3, -0.25) is 0 Å². The van der Waals surface area contributed by atoms with Crippen LogP contribution in [0.3, 0.4) is 0 Å². The molecular formula is C23H50O2Si2. The van der Waals surface area contributed by atoms with Crippen LogP contribution < -0.4 is 0 Å². The summed E-state index contributed by atoms with van der Waals surface area (Å²) in [4.78, 5) is 0. The van der Waals surface area contributed by atoms with Gasteiger partial charge >= 0.3 is 0 Å². The minimum atomic E-state index is -1.61. The predicted molar refractivity (Wildman–Crippen MR) is 125 cm³/mol. The zero-order valence-electron chi connectivity index (χ0n) is 20.1. The SMILES string of the molecule is CCCCC1C(CCCC)C(O[Si](C)(C)C)C(O[Si](C)(C)C)C1CCCC. The number of unbranched alkanes of at least 4 members (excludes halogenated alkanes) is 3. The Morgan fingerprint density at radius 2 is 0.815 bits per heavy atom. The molecule has 1 rings (SSSR count). The standard InChI is InChI=1S/C23H50O2Si2/c1-10-13-16-19-20(17-14-11-2)22(24-26(4,5)6)23(25-27(7,8)9)21(19)18-15-12-3/h19-23H,10-18H2,1-9H3. The fourth-order valence-electron chi connectivity index (χ4n) is 4.92. The van der Waals surface area contributed by atoms with Crippen molar-refractivity contribution in [3.8, 4) is 0 Å². The van der Waals surface area contributed by atoms with E-state index in [1.54, 1.807) is 0 Å². The third kappa shape index (κ3) is 8.71. The van der Waals surface area contributed by atoms with Crippen LogP contribution in [0.15, 0.2) is 0 Å². The second-order valence-corrected chi connectivity index (χ2v) is 19.7. The molecule has 0 N–H and O–H groups in total. The van der Waals surface area contributed by atoms with Gasteiger partial charge in [0.05, 0.1) is 12.2 Å². The molecule has 1 aliphatic rings. The molecule has 4 heteroatoms. The van der Waals surface area contributed by atoms with E-state index in [-0.39, 0.29) is 0 Å². The third-order valence-corrected chi connectivity index (χ3v) is 7.88. The van der Waals surface area contributed by atoms with Gasteiger partial charge in [0.15, 0.2) is 16.6 Å². The molecule has 0 saturated heterocycles. The van der Waals surface area contributed by atoms with Gasteiger partial charge in [0.25, 0.3) is 0 Å². The van der Waals surface area contributed by atoms with E-state index in [4.69, 9.17) is 8.85 Å². The molecule has 4 unspecified atom stereocenters. The van der Waals surface area contributed by atoms with Crippen molar-refractivity contribution in [3.63, 3.8) is 0 Å². The van der Waals surface area contributed by atoms with E-state index in [9.17, 15) is 0 Å². The molecular weight excluding hydrogens is 364 g/mol. The molecule has 0 radical (unpaired) electrons. The van der Waals surface area contributed by atoms with E-state index in [0.717, 1.165) is 5.92 Å². The molecule has 1 fully saturated rings. The highest BCUT2D eigenvalue weighted by atomic mass is 28.4. The first kappa shape index (κ1) is 25.4. The number of hydrogen-bond acceptors (Lipinski definition) is 2. The second-order valence-electron chi connectivity index (χ2n) is 10.8. The first-order chi connectivity index (χ1) is 12.5. The highest BCUT2D eigenvalue weighted by Crippen LogP contribution is 2.49. The fraction of sp³-hybridized carbons (Fsp3) is 1.00. The van der Waals surface area contributed by atoms with Gasteiger partial charge in [0.1, 0.15) is 0 Å². The monoisotopic (exact) mass is 414 g/mol. The van der Waals surface area contributed by atoms with Crippen LogP contribution in [-0.2, 0) is 8.85 Å². The molecule has 2 nitrogen and oxygen atoms in total. The molecule has 4 atom stereocenters. The van der Waals surface area contributed by atoms with Crippen molar-refractivity contribution in [1.82, 2.24) is 0 Å². The Bertz CT molecular complexity index is 366. The van der Waals surface area contributed by atoms with Gasteiger partial charge in [-0.05, 0) is 76.3 Å². The molecule has 0 amide bonds. The highest BCUT2D eigenvalue weighted by Gasteiger charge is 2.52. The summed E-state index contributed by atoms with van der Waals surface area (Å²) in [5.74, 6) is 2.20. The summed E-state index contributed by atoms with van der Waals surface area (Å²) in [7, 11) is -3.21. The fourth-order valence-corrected chi connectivity index (χ4v) is 7.17. The maximum Gasteiger partial charge on any atom is 0.184 e. The maximum absolute atomic E-state index is 6.92. The van der Waals surface area contributed by atoms with Crippen LogP contribution in [-0.4, -0.2) is 28.8 Å². The van der Waals surface area contributed by atoms with Crippen molar-refractivity contribution in [2.75, 3.05) is 0 Å². The largest absolute Gasteiger partial charge is 0.412 e. The summed E-state index contributed by atoms with van der Waals surface area (Å²) in [6.45, 7) is 21.1. The van der Waals surface area contributed by atoms with Crippen molar-refractivity contribution in [2.45, 2.75) is 130 Å². The minimum Gasteiger partial charge on any atom is -0.412 e. The zero-order chi connectivity index (χ0) is 20.7. The average Bonchev–Trinajstić information content (AvgIpc) is 2.78. The van der Waals surface area contributed by atoms with E-state index >= 15 is 0 Å². The number of rotatable bonds is 13. The Labute approximate surface area is 173 Å². The van der Waals surface area contributed by atoms with Crippen molar-refractivity contribution in [2.24, 2.45) is 17.8 Å². The minimum absolute atomic E-state index is 0.332. The smallest absolute Gasteiger partial charge is 0.184 e. The molecule has 162 valence electrons. The molecule has 0 bridgehead atoms. The van der Waals surface area contributed by atoms with Gasteiger partial charge in [0.2, 0.25) is 0 Å². The van der Waals surface area contributed by atoms with E-state index < -0.39 is 16.6 Å². The van der Waals surface area contributed by atoms with E-state index in [2.05, 4.69) is 60.1 Å². The first-order valence-electron chi connectivity index (χ1n) is 11.9. The van der Waals surface area contributed by atoms with Gasteiger partial charge in [-0.15, -0.1) is 0 Å². The van der Waals surface area contributed by atoms with Gasteiger partial charge in [0, 0.05) is 0 Å². The van der Waals surface area contributed by atoms with Crippen LogP contribution in [0.5, 0.6) is 0 Å². The lowest BCUT2D eigenvalue weighted by Gasteiger charge is -2.36. The summed E-state index contributed by atoms with van der Waals surface area (Å²) in [6, 6.07) is 0. The molecule has 1 saturated carbocycles. The van der Waals surface area contributed by atoms with Crippen LogP contribution in [0.1, 0.15) is 78.6 Å². The van der Waals surface area contributed by atoms with Gasteiger partial charge < -0.3 is 8.85 Å². The summed E-state index contributed by atoms with van der Waals surface area (Å²) in [6.07, 6.45) is 12.6. The molecule has 27 heavy (non-hydrogen) atoms. The predicted octanol–water partition coefficient (Wildman–Crippen LogP) is 7.86. The summed E-state index contributed by atoms with van der Waals surface area (Å²) in [5.41, 5.74) is 0. The van der Waals surface area contributed by atoms with Crippen molar-refractivity contribution >= 4 is 16.6 Å². The number of hydrogen-bond donors (Lipinski definition) is 0. The molecule has 0 aromatic carbocycles. The zero-order valence-corrected chi connectivity index (χ0v) is 22.1. The second kappa shape index (κ2) is 11.5. The third-order valence-electron chi connectivity index (χ3n) is 5.92. The lowest BCUT2D eigenvalue weighted by Crippen LogP contribution is -2.45. The summed E-state index contributed by atoms with van der Waals surface area (Å²) >= 11 is 0. The Balaban J connectivity index is 3.23. The normalized spacial score (nSPS) is 29.4. The van der Waals surface area contributed by atoms with Gasteiger partial charge in [-0.2, -0.15) is 0 Å². The highest BCUT2D eigenvalue weighted by molar-refractivity contribution is 6.70. The lowest BCUT2D eigenvalue weighted by molar-refractivity contribution is 0.0238. The lowest BCUT2D eigenvalue weighted by atomic mass is 9.80. The average molecular weight is 415 g/mol. The molecule has 1 aliphatic carbocycles. The van der Waals surface area contributed by atoms with Crippen LogP contribution in [0.4, 0.5) is 0 Å². The van der Waals surface area contributed by atoms with Crippen molar-refractivity contribution < 1.29 is 8.85 Å². The van der Waals surface area contributed by atoms with Gasteiger partial charge in [-0.25, -0.2) is 0 Å². The Hall–Kier alpha value is 0.354. The van der Waals surface area contributed by atoms with Crippen LogP contribution in [0.25, 0.3) is 0 Å². The molecule has 0 aromatic rings. The van der Waals surface area contributed by atoms with Gasteiger partial charge in [-0.1, -0.05) is 59.3 Å². The van der Waals surface area contributed by atoms with E-state index in [1.807, 2.05) is 0 Å². The van der Waals surface area contributed by atoms with Crippen LogP contribution in [0, 0.1) is 17.8 Å². The molecule has 0 spiro atoms. The van der Waals surface area contributed by atoms with Crippen LogP contribution in [0.2, 0.25) is 39.3 Å². The first-order valence-corrected chi connectivity index (χ1v) is 18.7. The van der Waals surface area contributed by atoms with Crippen molar-refractivity contribution in [3.05, 3.63) is 0 Å². The summed E-state index contributed by atoms with van der Waals surface area (Å²) in [5, 5.41) is 0. The molecule has 0 aromatic heterocycles. The van der Waals surface area contributed by atoms with E-state index in [1.165, 1.54) is 57.8 Å². The molecule has 0 aliphatic heterocycles. The molecule has 0 heterocycles. The van der Waals surface area contributed by atoms with Crippen molar-refractivity contribution in [1.29, 1.82) is 0 Å². The summed E-state index contributed by atoms with van der Waals surface area (Å²) < 4.78 is 13.8. The Kier molecular flexibility index (Phi) is 10.8. The quantitative estimate of drug-likeness (QED) is 0.285. The maximum atomic E-state index is 6.92. The topological polar surface area (TPSA) is 18.5 Å².